The zero-order chi connectivity index (χ0) is 31.4. The van der Waals surface area contributed by atoms with E-state index in [0.29, 0.717) is 33.7 Å². The molecular weight excluding hydrogens is 583 g/mol. The van der Waals surface area contributed by atoms with Crippen molar-refractivity contribution in [2.24, 2.45) is 5.10 Å². The molecule has 0 saturated carbocycles. The number of fused-ring (bicyclic) bond motifs is 1. The molecule has 1 heterocycles. The number of carbonyl (C=O) groups is 1. The normalized spacial score (nSPS) is 11.3. The second-order valence-corrected chi connectivity index (χ2v) is 10.8. The maximum absolute atomic E-state index is 13.7. The van der Waals surface area contributed by atoms with Crippen molar-refractivity contribution in [3.63, 3.8) is 0 Å². The number of rotatable bonds is 9. The van der Waals surface area contributed by atoms with E-state index in [-0.39, 0.29) is 23.1 Å². The monoisotopic (exact) mass is 612 g/mol. The molecule has 0 radical (unpaired) electrons. The van der Waals surface area contributed by atoms with Crippen LogP contribution in [-0.4, -0.2) is 35.5 Å². The van der Waals surface area contributed by atoms with Gasteiger partial charge in [0, 0.05) is 11.3 Å². The molecule has 1 amide bonds. The Morgan fingerprint density at radius 1 is 1.07 bits per heavy atom. The van der Waals surface area contributed by atoms with Gasteiger partial charge in [-0.1, -0.05) is 37.6 Å². The van der Waals surface area contributed by atoms with Crippen molar-refractivity contribution in [3.05, 3.63) is 117 Å². The number of aryl methyl sites for hydroxylation is 1. The van der Waals surface area contributed by atoms with Gasteiger partial charge in [0.1, 0.15) is 17.3 Å². The van der Waals surface area contributed by atoms with Crippen LogP contribution in [0.1, 0.15) is 36.5 Å². The Balaban J connectivity index is 1.44. The molecule has 0 spiro atoms. The Kier molecular flexibility index (Phi) is 9.06. The van der Waals surface area contributed by atoms with Crippen molar-refractivity contribution in [1.82, 2.24) is 9.66 Å². The highest BCUT2D eigenvalue weighted by molar-refractivity contribution is 6.32. The lowest BCUT2D eigenvalue weighted by Crippen LogP contribution is -2.21. The van der Waals surface area contributed by atoms with Crippen LogP contribution in [0.3, 0.4) is 0 Å². The van der Waals surface area contributed by atoms with E-state index in [0.717, 1.165) is 22.4 Å². The van der Waals surface area contributed by atoms with Crippen molar-refractivity contribution in [1.29, 1.82) is 0 Å². The van der Waals surface area contributed by atoms with Gasteiger partial charge >= 0.3 is 0 Å². The Hall–Kier alpha value is -5.02. The highest BCUT2D eigenvalue weighted by Gasteiger charge is 2.18. The van der Waals surface area contributed by atoms with Gasteiger partial charge in [0.15, 0.2) is 12.4 Å². The minimum Gasteiger partial charge on any atom is -0.496 e. The van der Waals surface area contributed by atoms with Crippen LogP contribution in [0.5, 0.6) is 11.5 Å². The van der Waals surface area contributed by atoms with Crippen molar-refractivity contribution in [2.75, 3.05) is 19.0 Å². The van der Waals surface area contributed by atoms with Crippen molar-refractivity contribution < 1.29 is 18.7 Å². The molecule has 0 atom stereocenters. The predicted octanol–water partition coefficient (Wildman–Crippen LogP) is 7.20. The standard InChI is InChI=1S/C34H30ClFN4O4/c1-20(2)26-17-27(21(3)15-31(26)43-4)33-39-29-8-6-5-7-25(29)34(42)40(33)37-18-22-9-14-30(28(35)16-22)44-19-32(41)38-24-12-10-23(36)11-13-24/h5-18,20H,19H2,1-4H3,(H,38,41). The first kappa shape index (κ1) is 30.4. The van der Waals surface area contributed by atoms with Gasteiger partial charge in [-0.2, -0.15) is 9.78 Å². The van der Waals surface area contributed by atoms with Crippen LogP contribution in [-0.2, 0) is 4.79 Å². The zero-order valence-corrected chi connectivity index (χ0v) is 25.4. The number of methoxy groups -OCH3 is 1. The van der Waals surface area contributed by atoms with E-state index in [1.165, 1.54) is 35.2 Å². The molecule has 0 aliphatic heterocycles. The molecule has 1 N–H and O–H groups in total. The van der Waals surface area contributed by atoms with E-state index in [2.05, 4.69) is 24.3 Å². The quantitative estimate of drug-likeness (QED) is 0.178. The molecule has 10 heteroatoms. The maximum atomic E-state index is 13.7. The average Bonchev–Trinajstić information content (AvgIpc) is 3.01. The number of nitrogens with one attached hydrogen (secondary N) is 1. The van der Waals surface area contributed by atoms with Gasteiger partial charge in [-0.3, -0.25) is 9.59 Å². The number of benzene rings is 4. The highest BCUT2D eigenvalue weighted by atomic mass is 35.5. The zero-order valence-electron chi connectivity index (χ0n) is 24.6. The fraction of sp³-hybridized carbons (Fsp3) is 0.176. The lowest BCUT2D eigenvalue weighted by atomic mass is 9.96. The number of amides is 1. The summed E-state index contributed by atoms with van der Waals surface area (Å²) in [5.74, 6) is 0.797. The Bertz CT molecular complexity index is 1940. The van der Waals surface area contributed by atoms with Crippen molar-refractivity contribution in [2.45, 2.75) is 26.7 Å². The molecule has 0 bridgehead atoms. The Morgan fingerprint density at radius 2 is 1.82 bits per heavy atom. The number of nitrogens with zero attached hydrogens (tertiary/aromatic N) is 3. The number of hydrogen-bond donors (Lipinski definition) is 1. The fourth-order valence-corrected chi connectivity index (χ4v) is 4.93. The third kappa shape index (κ3) is 6.63. The second-order valence-electron chi connectivity index (χ2n) is 10.4. The minimum absolute atomic E-state index is 0.172. The molecule has 0 unspecified atom stereocenters. The van der Waals surface area contributed by atoms with E-state index in [1.807, 2.05) is 25.1 Å². The van der Waals surface area contributed by atoms with E-state index in [4.69, 9.17) is 26.1 Å². The van der Waals surface area contributed by atoms with Gasteiger partial charge in [0.05, 0.1) is 29.2 Å². The van der Waals surface area contributed by atoms with Crippen LogP contribution >= 0.6 is 11.6 Å². The summed E-state index contributed by atoms with van der Waals surface area (Å²) in [6.07, 6.45) is 1.51. The molecule has 0 fully saturated rings. The van der Waals surface area contributed by atoms with Gasteiger partial charge < -0.3 is 14.8 Å². The molecule has 4 aromatic carbocycles. The lowest BCUT2D eigenvalue weighted by molar-refractivity contribution is -0.118. The number of anilines is 1. The van der Waals surface area contributed by atoms with E-state index >= 15 is 0 Å². The van der Waals surface area contributed by atoms with E-state index in [1.54, 1.807) is 43.5 Å². The average molecular weight is 613 g/mol. The molecule has 224 valence electrons. The highest BCUT2D eigenvalue weighted by Crippen LogP contribution is 2.34. The summed E-state index contributed by atoms with van der Waals surface area (Å²) in [5, 5.41) is 7.86. The van der Waals surface area contributed by atoms with Crippen LogP contribution < -0.4 is 20.3 Å². The van der Waals surface area contributed by atoms with Gasteiger partial charge in [-0.05, 0) is 96.3 Å². The third-order valence-electron chi connectivity index (χ3n) is 6.96. The molecule has 0 aliphatic rings. The van der Waals surface area contributed by atoms with Crippen LogP contribution in [0.25, 0.3) is 22.3 Å². The van der Waals surface area contributed by atoms with Gasteiger partial charge in [-0.25, -0.2) is 9.37 Å². The smallest absolute Gasteiger partial charge is 0.282 e. The first-order valence-electron chi connectivity index (χ1n) is 13.9. The fourth-order valence-electron chi connectivity index (χ4n) is 4.68. The number of carbonyl (C=O) groups excluding carboxylic acids is 1. The van der Waals surface area contributed by atoms with E-state index < -0.39 is 11.7 Å². The number of ether oxygens (including phenoxy) is 2. The number of halogens is 2. The lowest BCUT2D eigenvalue weighted by Gasteiger charge is -2.17. The summed E-state index contributed by atoms with van der Waals surface area (Å²) < 4.78 is 25.6. The minimum atomic E-state index is -0.427. The first-order chi connectivity index (χ1) is 21.1. The summed E-state index contributed by atoms with van der Waals surface area (Å²) >= 11 is 6.45. The Morgan fingerprint density at radius 3 is 2.52 bits per heavy atom. The predicted molar refractivity (Wildman–Crippen MR) is 172 cm³/mol. The molecule has 44 heavy (non-hydrogen) atoms. The van der Waals surface area contributed by atoms with Gasteiger partial charge in [0.25, 0.3) is 11.5 Å². The molecule has 1 aromatic heterocycles. The van der Waals surface area contributed by atoms with Crippen LogP contribution in [0, 0.1) is 12.7 Å². The SMILES string of the molecule is COc1cc(C)c(-c2nc3ccccc3c(=O)n2N=Cc2ccc(OCC(=O)Nc3ccc(F)cc3)c(Cl)c2)cc1C(C)C. The number of para-hydroxylation sites is 1. The summed E-state index contributed by atoms with van der Waals surface area (Å²) in [5.41, 5.74) is 3.91. The summed E-state index contributed by atoms with van der Waals surface area (Å²) in [7, 11) is 1.64. The Labute approximate surface area is 258 Å². The van der Waals surface area contributed by atoms with E-state index in [9.17, 15) is 14.0 Å². The van der Waals surface area contributed by atoms with Crippen molar-refractivity contribution in [3.8, 4) is 22.9 Å². The maximum Gasteiger partial charge on any atom is 0.282 e. The topological polar surface area (TPSA) is 94.8 Å². The van der Waals surface area contributed by atoms with Gasteiger partial charge in [0.2, 0.25) is 0 Å². The van der Waals surface area contributed by atoms with Crippen LogP contribution in [0.4, 0.5) is 10.1 Å². The summed E-state index contributed by atoms with van der Waals surface area (Å²) in [6.45, 7) is 5.79. The molecule has 0 aliphatic carbocycles. The molecular formula is C34H30ClFN4O4. The molecule has 5 aromatic rings. The molecule has 8 nitrogen and oxygen atoms in total. The first-order valence-corrected chi connectivity index (χ1v) is 14.2. The van der Waals surface area contributed by atoms with Crippen LogP contribution in [0.15, 0.2) is 88.8 Å². The van der Waals surface area contributed by atoms with Gasteiger partial charge in [-0.15, -0.1) is 0 Å². The summed E-state index contributed by atoms with van der Waals surface area (Å²) in [6, 6.07) is 21.4. The molecule has 0 saturated heterocycles. The second kappa shape index (κ2) is 13.1. The number of hydrogen-bond acceptors (Lipinski definition) is 6. The van der Waals surface area contributed by atoms with Crippen LogP contribution in [0.2, 0.25) is 5.02 Å². The molecule has 5 rings (SSSR count). The summed E-state index contributed by atoms with van der Waals surface area (Å²) in [4.78, 5) is 30.8. The third-order valence-corrected chi connectivity index (χ3v) is 7.25. The number of aromatic nitrogens is 2. The largest absolute Gasteiger partial charge is 0.496 e. The van der Waals surface area contributed by atoms with Crippen molar-refractivity contribution >= 4 is 40.3 Å².